The van der Waals surface area contributed by atoms with Gasteiger partial charge in [-0.15, -0.1) is 0 Å². The van der Waals surface area contributed by atoms with Gasteiger partial charge in [0.1, 0.15) is 0 Å². The molecule has 1 aromatic carbocycles. The first-order chi connectivity index (χ1) is 5.72. The summed E-state index contributed by atoms with van der Waals surface area (Å²) in [5.74, 6) is -1.13. The van der Waals surface area contributed by atoms with Gasteiger partial charge >= 0.3 is 12.1 Å². The molecule has 4 nitrogen and oxygen atoms in total. The highest BCUT2D eigenvalue weighted by Crippen LogP contribution is 1.96. The van der Waals surface area contributed by atoms with E-state index < -0.39 is 5.97 Å². The molecule has 0 saturated carbocycles. The Kier molecular flexibility index (Phi) is 4.89. The van der Waals surface area contributed by atoms with Crippen molar-refractivity contribution in [3.63, 3.8) is 0 Å². The minimum absolute atomic E-state index is 0.220. The van der Waals surface area contributed by atoms with E-state index in [0.717, 1.165) is 0 Å². The molecule has 0 spiro atoms. The number of carbonyl (C=O) groups excluding carboxylic acids is 3. The molecule has 0 fully saturated rings. The summed E-state index contributed by atoms with van der Waals surface area (Å²) in [6, 6.07) is 8.06. The van der Waals surface area contributed by atoms with Gasteiger partial charge in [0.2, 0.25) is 0 Å². The molecule has 1 rings (SSSR count). The van der Waals surface area contributed by atoms with E-state index in [4.69, 9.17) is 9.59 Å². The van der Waals surface area contributed by atoms with Gasteiger partial charge in [-0.3, -0.25) is 0 Å². The standard InChI is InChI=1S/C7H5O2.CO2/c8-7(9)6-4-2-1-3-5-6;2-1-3/h1-5H;. The Balaban J connectivity index is 0.000000354. The van der Waals surface area contributed by atoms with Crippen LogP contribution in [0.4, 0.5) is 0 Å². The summed E-state index contributed by atoms with van der Waals surface area (Å²) in [6.45, 7) is 0. The molecule has 0 aliphatic carbocycles. The summed E-state index contributed by atoms with van der Waals surface area (Å²) in [4.78, 5) is 26.3. The summed E-state index contributed by atoms with van der Waals surface area (Å²) >= 11 is 0. The Bertz CT molecular complexity index is 272. The fourth-order valence-electron chi connectivity index (χ4n) is 0.574. The molecule has 0 aromatic heterocycles. The smallest absolute Gasteiger partial charge is 0.242 e. The lowest BCUT2D eigenvalue weighted by Crippen LogP contribution is -1.91. The second-order valence-corrected chi connectivity index (χ2v) is 1.74. The van der Waals surface area contributed by atoms with Crippen LogP contribution in [0.1, 0.15) is 10.4 Å². The predicted molar refractivity (Wildman–Crippen MR) is 36.5 cm³/mol. The first-order valence-corrected chi connectivity index (χ1v) is 2.98. The van der Waals surface area contributed by atoms with Crippen molar-refractivity contribution in [3.8, 4) is 0 Å². The van der Waals surface area contributed by atoms with Crippen molar-refractivity contribution in [2.45, 2.75) is 0 Å². The van der Waals surface area contributed by atoms with Gasteiger partial charge in [-0.1, -0.05) is 18.2 Å². The zero-order valence-corrected chi connectivity index (χ0v) is 6.02. The van der Waals surface area contributed by atoms with Gasteiger partial charge in [-0.05, 0) is 12.1 Å². The minimum atomic E-state index is -1.13. The van der Waals surface area contributed by atoms with E-state index in [9.17, 15) is 9.90 Å². The van der Waals surface area contributed by atoms with Crippen molar-refractivity contribution in [2.24, 2.45) is 0 Å². The summed E-state index contributed by atoms with van der Waals surface area (Å²) in [7, 11) is 0. The molecule has 0 unspecified atom stereocenters. The molecule has 0 aliphatic heterocycles. The molecule has 1 radical (unpaired) electrons. The SMILES string of the molecule is O=C=O.[O]C(=O)c1ccccc1. The Morgan fingerprint density at radius 1 is 1.08 bits per heavy atom. The van der Waals surface area contributed by atoms with Crippen LogP contribution in [0.15, 0.2) is 30.3 Å². The quantitative estimate of drug-likeness (QED) is 0.614. The molecular weight excluding hydrogens is 160 g/mol. The average Bonchev–Trinajstić information content (AvgIpc) is 2.07. The van der Waals surface area contributed by atoms with Crippen molar-refractivity contribution in [2.75, 3.05) is 0 Å². The first kappa shape index (κ1) is 10.1. The zero-order valence-electron chi connectivity index (χ0n) is 6.02. The third-order valence-corrected chi connectivity index (χ3v) is 1.01. The van der Waals surface area contributed by atoms with Gasteiger partial charge in [0, 0.05) is 0 Å². The van der Waals surface area contributed by atoms with E-state index in [1.807, 2.05) is 0 Å². The normalized spacial score (nSPS) is 7.33. The van der Waals surface area contributed by atoms with Crippen LogP contribution in [0, 0.1) is 0 Å². The molecule has 61 valence electrons. The van der Waals surface area contributed by atoms with Crippen molar-refractivity contribution >= 4 is 12.1 Å². The van der Waals surface area contributed by atoms with Gasteiger partial charge < -0.3 is 0 Å². The Hall–Kier alpha value is -1.93. The molecule has 0 saturated heterocycles. The van der Waals surface area contributed by atoms with Gasteiger partial charge in [0.25, 0.3) is 0 Å². The molecule has 0 amide bonds. The van der Waals surface area contributed by atoms with Gasteiger partial charge in [-0.25, -0.2) is 9.90 Å². The summed E-state index contributed by atoms with van der Waals surface area (Å²) in [5, 5.41) is 10.1. The van der Waals surface area contributed by atoms with E-state index >= 15 is 0 Å². The number of carbonyl (C=O) groups is 1. The van der Waals surface area contributed by atoms with Gasteiger partial charge in [0.15, 0.2) is 0 Å². The molecule has 1 aromatic rings. The molecular formula is C8H5O4. The van der Waals surface area contributed by atoms with Crippen molar-refractivity contribution < 1.29 is 19.5 Å². The lowest BCUT2D eigenvalue weighted by molar-refractivity contribution is -0.191. The maximum Gasteiger partial charge on any atom is 0.386 e. The van der Waals surface area contributed by atoms with E-state index in [2.05, 4.69) is 0 Å². The summed E-state index contributed by atoms with van der Waals surface area (Å²) in [6.07, 6.45) is 0.250. The molecule has 12 heavy (non-hydrogen) atoms. The fourth-order valence-corrected chi connectivity index (χ4v) is 0.574. The van der Waals surface area contributed by atoms with Crippen LogP contribution in [0.3, 0.4) is 0 Å². The van der Waals surface area contributed by atoms with Crippen LogP contribution in [0.2, 0.25) is 0 Å². The van der Waals surface area contributed by atoms with Crippen LogP contribution in [0.5, 0.6) is 0 Å². The molecule has 0 heterocycles. The Labute approximate surface area is 68.4 Å². The van der Waals surface area contributed by atoms with E-state index in [0.29, 0.717) is 0 Å². The highest BCUT2D eigenvalue weighted by atomic mass is 16.4. The topological polar surface area (TPSA) is 71.1 Å². The van der Waals surface area contributed by atoms with Crippen LogP contribution in [0.25, 0.3) is 0 Å². The van der Waals surface area contributed by atoms with Crippen LogP contribution in [-0.4, -0.2) is 12.1 Å². The van der Waals surface area contributed by atoms with Crippen LogP contribution >= 0.6 is 0 Å². The second kappa shape index (κ2) is 5.82. The maximum atomic E-state index is 10.1. The molecule has 0 aliphatic rings. The van der Waals surface area contributed by atoms with E-state index in [-0.39, 0.29) is 11.7 Å². The molecule has 0 atom stereocenters. The molecule has 4 heteroatoms. The van der Waals surface area contributed by atoms with Gasteiger partial charge in [-0.2, -0.15) is 9.59 Å². The largest absolute Gasteiger partial charge is 0.386 e. The Morgan fingerprint density at radius 2 is 1.50 bits per heavy atom. The molecule has 0 bridgehead atoms. The van der Waals surface area contributed by atoms with E-state index in [1.54, 1.807) is 18.2 Å². The number of hydrogen-bond donors (Lipinski definition) is 0. The molecule has 0 N–H and O–H groups in total. The Morgan fingerprint density at radius 3 is 1.75 bits per heavy atom. The van der Waals surface area contributed by atoms with Crippen LogP contribution < -0.4 is 0 Å². The van der Waals surface area contributed by atoms with Crippen molar-refractivity contribution in [1.82, 2.24) is 0 Å². The third kappa shape index (κ3) is 3.98. The summed E-state index contributed by atoms with van der Waals surface area (Å²) < 4.78 is 0. The van der Waals surface area contributed by atoms with Gasteiger partial charge in [0.05, 0.1) is 5.56 Å². The third-order valence-electron chi connectivity index (χ3n) is 1.01. The highest BCUT2D eigenvalue weighted by Gasteiger charge is 1.99. The van der Waals surface area contributed by atoms with Crippen molar-refractivity contribution in [3.05, 3.63) is 35.9 Å². The zero-order chi connectivity index (χ0) is 9.40. The number of rotatable bonds is 1. The average molecular weight is 165 g/mol. The first-order valence-electron chi connectivity index (χ1n) is 2.98. The second-order valence-electron chi connectivity index (χ2n) is 1.74. The highest BCUT2D eigenvalue weighted by molar-refractivity contribution is 5.86. The number of benzene rings is 1. The lowest BCUT2D eigenvalue weighted by Gasteiger charge is -1.85. The summed E-state index contributed by atoms with van der Waals surface area (Å²) in [5.41, 5.74) is 0.220. The maximum absolute atomic E-state index is 10.1. The number of hydrogen-bond acceptors (Lipinski definition) is 3. The minimum Gasteiger partial charge on any atom is -0.242 e. The van der Waals surface area contributed by atoms with Crippen molar-refractivity contribution in [1.29, 1.82) is 0 Å². The van der Waals surface area contributed by atoms with E-state index in [1.165, 1.54) is 12.1 Å². The lowest BCUT2D eigenvalue weighted by atomic mass is 10.2. The monoisotopic (exact) mass is 165 g/mol. The van der Waals surface area contributed by atoms with Crippen LogP contribution in [-0.2, 0) is 14.7 Å². The fraction of sp³-hybridized carbons (Fsp3) is 0. The predicted octanol–water partition coefficient (Wildman–Crippen LogP) is 0.674.